The number of hydrogen-bond acceptors (Lipinski definition) is 3. The first-order valence-corrected chi connectivity index (χ1v) is 5.93. The van der Waals surface area contributed by atoms with Gasteiger partial charge in [0.25, 0.3) is 0 Å². The van der Waals surface area contributed by atoms with E-state index in [1.807, 2.05) is 0 Å². The van der Waals surface area contributed by atoms with Gasteiger partial charge in [0.1, 0.15) is 5.82 Å². The van der Waals surface area contributed by atoms with Gasteiger partial charge in [-0.05, 0) is 0 Å². The van der Waals surface area contributed by atoms with E-state index in [1.54, 1.807) is 43.6 Å². The molecule has 5 heteroatoms. The fourth-order valence-corrected chi connectivity index (χ4v) is 1.85. The monoisotopic (exact) mass is 258 g/mol. The quantitative estimate of drug-likeness (QED) is 0.806. The van der Waals surface area contributed by atoms with E-state index in [2.05, 4.69) is 9.97 Å². The number of imidazole rings is 1. The summed E-state index contributed by atoms with van der Waals surface area (Å²) in [5, 5.41) is 8.68. The number of aliphatic carboxylic acids is 1. The topological polar surface area (TPSA) is 83.0 Å². The van der Waals surface area contributed by atoms with Crippen molar-refractivity contribution in [3.8, 4) is 11.4 Å². The Morgan fingerprint density at radius 1 is 1.32 bits per heavy atom. The molecule has 0 saturated heterocycles. The van der Waals surface area contributed by atoms with Crippen LogP contribution in [0, 0.1) is 5.92 Å². The molecule has 0 saturated carbocycles. The number of ketones is 1. The summed E-state index contributed by atoms with van der Waals surface area (Å²) < 4.78 is 0. The Kier molecular flexibility index (Phi) is 3.75. The largest absolute Gasteiger partial charge is 0.481 e. The zero-order chi connectivity index (χ0) is 13.8. The number of carboxylic acids is 1. The zero-order valence-corrected chi connectivity index (χ0v) is 10.5. The van der Waals surface area contributed by atoms with E-state index in [1.165, 1.54) is 0 Å². The van der Waals surface area contributed by atoms with Crippen LogP contribution < -0.4 is 0 Å². The standard InChI is InChI=1S/C14H14N2O3/c1-9(8-12(17)18)13(19)10-2-4-11(5-3-10)14-15-6-7-16-14/h2-7,9H,8H2,1H3,(H,15,16)(H,17,18). The van der Waals surface area contributed by atoms with E-state index in [9.17, 15) is 9.59 Å². The summed E-state index contributed by atoms with van der Waals surface area (Å²) in [5.41, 5.74) is 1.40. The summed E-state index contributed by atoms with van der Waals surface area (Å²) in [6, 6.07) is 6.97. The van der Waals surface area contributed by atoms with Crippen molar-refractivity contribution in [3.05, 3.63) is 42.2 Å². The number of carbonyl (C=O) groups excluding carboxylic acids is 1. The van der Waals surface area contributed by atoms with Gasteiger partial charge in [0.2, 0.25) is 0 Å². The summed E-state index contributed by atoms with van der Waals surface area (Å²) in [6.45, 7) is 1.62. The van der Waals surface area contributed by atoms with E-state index in [0.717, 1.165) is 11.4 Å². The summed E-state index contributed by atoms with van der Waals surface area (Å²) in [5.74, 6) is -0.911. The Hall–Kier alpha value is -2.43. The van der Waals surface area contributed by atoms with Gasteiger partial charge >= 0.3 is 5.97 Å². The van der Waals surface area contributed by atoms with Crippen molar-refractivity contribution in [2.45, 2.75) is 13.3 Å². The van der Waals surface area contributed by atoms with Gasteiger partial charge in [-0.3, -0.25) is 9.59 Å². The number of benzene rings is 1. The maximum absolute atomic E-state index is 12.0. The summed E-state index contributed by atoms with van der Waals surface area (Å²) in [4.78, 5) is 29.7. The van der Waals surface area contributed by atoms with Crippen LogP contribution in [0.3, 0.4) is 0 Å². The predicted octanol–water partition coefficient (Wildman–Crippen LogP) is 2.37. The van der Waals surface area contributed by atoms with Gasteiger partial charge in [-0.1, -0.05) is 31.2 Å². The Labute approximate surface area is 110 Å². The first-order chi connectivity index (χ1) is 9.08. The summed E-state index contributed by atoms with van der Waals surface area (Å²) >= 11 is 0. The molecule has 19 heavy (non-hydrogen) atoms. The van der Waals surface area contributed by atoms with Crippen molar-refractivity contribution in [2.75, 3.05) is 0 Å². The molecule has 2 N–H and O–H groups in total. The van der Waals surface area contributed by atoms with Gasteiger partial charge < -0.3 is 10.1 Å². The Morgan fingerprint density at radius 3 is 2.53 bits per heavy atom. The molecule has 0 aliphatic heterocycles. The molecule has 0 radical (unpaired) electrons. The highest BCUT2D eigenvalue weighted by Gasteiger charge is 2.18. The highest BCUT2D eigenvalue weighted by atomic mass is 16.4. The van der Waals surface area contributed by atoms with E-state index < -0.39 is 11.9 Å². The summed E-state index contributed by atoms with van der Waals surface area (Å²) in [6.07, 6.45) is 3.23. The molecule has 0 aliphatic carbocycles. The lowest BCUT2D eigenvalue weighted by atomic mass is 9.96. The van der Waals surface area contributed by atoms with Crippen molar-refractivity contribution in [3.63, 3.8) is 0 Å². The fraction of sp³-hybridized carbons (Fsp3) is 0.214. The molecular weight excluding hydrogens is 244 g/mol. The smallest absolute Gasteiger partial charge is 0.304 e. The van der Waals surface area contributed by atoms with Gasteiger partial charge in [-0.15, -0.1) is 0 Å². The molecule has 1 heterocycles. The van der Waals surface area contributed by atoms with Crippen molar-refractivity contribution in [2.24, 2.45) is 5.92 Å². The molecule has 0 amide bonds. The van der Waals surface area contributed by atoms with Crippen molar-refractivity contribution in [1.29, 1.82) is 0 Å². The lowest BCUT2D eigenvalue weighted by Crippen LogP contribution is -2.15. The minimum atomic E-state index is -0.965. The van der Waals surface area contributed by atoms with Crippen LogP contribution in [0.25, 0.3) is 11.4 Å². The molecule has 2 rings (SSSR count). The van der Waals surface area contributed by atoms with Crippen LogP contribution in [0.15, 0.2) is 36.7 Å². The maximum atomic E-state index is 12.0. The molecule has 1 aromatic heterocycles. The molecular formula is C14H14N2O3. The predicted molar refractivity (Wildman–Crippen MR) is 69.8 cm³/mol. The normalized spacial score (nSPS) is 12.1. The average Bonchev–Trinajstić information content (AvgIpc) is 2.91. The number of rotatable bonds is 5. The van der Waals surface area contributed by atoms with Crippen molar-refractivity contribution in [1.82, 2.24) is 9.97 Å². The molecule has 0 fully saturated rings. The number of carbonyl (C=O) groups is 2. The SMILES string of the molecule is CC(CC(=O)O)C(=O)c1ccc(-c2ncc[nH]2)cc1. The number of aromatic nitrogens is 2. The highest BCUT2D eigenvalue weighted by Crippen LogP contribution is 2.18. The van der Waals surface area contributed by atoms with Gasteiger partial charge in [0.15, 0.2) is 5.78 Å². The van der Waals surface area contributed by atoms with Crippen LogP contribution >= 0.6 is 0 Å². The van der Waals surface area contributed by atoms with Gasteiger partial charge in [0, 0.05) is 29.4 Å². The zero-order valence-electron chi connectivity index (χ0n) is 10.5. The van der Waals surface area contributed by atoms with E-state index in [4.69, 9.17) is 5.11 Å². The molecule has 1 unspecified atom stereocenters. The third-order valence-electron chi connectivity index (χ3n) is 2.87. The fourth-order valence-electron chi connectivity index (χ4n) is 1.85. The molecule has 5 nitrogen and oxygen atoms in total. The number of H-pyrrole nitrogens is 1. The first-order valence-electron chi connectivity index (χ1n) is 5.93. The van der Waals surface area contributed by atoms with Crippen molar-refractivity contribution < 1.29 is 14.7 Å². The average molecular weight is 258 g/mol. The molecule has 2 aromatic rings. The molecule has 0 aliphatic rings. The Balaban J connectivity index is 2.14. The van der Waals surface area contributed by atoms with E-state index >= 15 is 0 Å². The molecule has 1 atom stereocenters. The number of nitrogens with one attached hydrogen (secondary N) is 1. The third kappa shape index (κ3) is 3.07. The number of carboxylic acid groups (broad SMARTS) is 1. The molecule has 98 valence electrons. The first kappa shape index (κ1) is 13.0. The van der Waals surface area contributed by atoms with Crippen LogP contribution in [0.5, 0.6) is 0 Å². The van der Waals surface area contributed by atoms with Crippen LogP contribution in [-0.2, 0) is 4.79 Å². The number of hydrogen-bond donors (Lipinski definition) is 2. The Bertz CT molecular complexity index is 573. The highest BCUT2D eigenvalue weighted by molar-refractivity contribution is 5.99. The van der Waals surface area contributed by atoms with E-state index in [0.29, 0.717) is 5.56 Å². The third-order valence-corrected chi connectivity index (χ3v) is 2.87. The Morgan fingerprint density at radius 2 is 2.00 bits per heavy atom. The second kappa shape index (κ2) is 5.48. The second-order valence-corrected chi connectivity index (χ2v) is 4.38. The van der Waals surface area contributed by atoms with E-state index in [-0.39, 0.29) is 12.2 Å². The lowest BCUT2D eigenvalue weighted by molar-refractivity contribution is -0.137. The molecule has 0 bridgehead atoms. The van der Waals surface area contributed by atoms with Crippen LogP contribution in [0.4, 0.5) is 0 Å². The molecule has 0 spiro atoms. The number of aromatic amines is 1. The number of nitrogens with zero attached hydrogens (tertiary/aromatic N) is 1. The van der Waals surface area contributed by atoms with Crippen LogP contribution in [-0.4, -0.2) is 26.8 Å². The minimum absolute atomic E-state index is 0.154. The second-order valence-electron chi connectivity index (χ2n) is 4.38. The van der Waals surface area contributed by atoms with Gasteiger partial charge in [-0.25, -0.2) is 4.98 Å². The molecule has 1 aromatic carbocycles. The number of Topliss-reactive ketones (excluding diaryl/α,β-unsaturated/α-hetero) is 1. The van der Waals surface area contributed by atoms with Crippen LogP contribution in [0.1, 0.15) is 23.7 Å². The maximum Gasteiger partial charge on any atom is 0.304 e. The summed E-state index contributed by atoms with van der Waals surface area (Å²) in [7, 11) is 0. The minimum Gasteiger partial charge on any atom is -0.481 e. The van der Waals surface area contributed by atoms with Gasteiger partial charge in [0.05, 0.1) is 6.42 Å². The van der Waals surface area contributed by atoms with Gasteiger partial charge in [-0.2, -0.15) is 0 Å². The van der Waals surface area contributed by atoms with Crippen molar-refractivity contribution >= 4 is 11.8 Å². The van der Waals surface area contributed by atoms with Crippen LogP contribution in [0.2, 0.25) is 0 Å². The lowest BCUT2D eigenvalue weighted by Gasteiger charge is -2.08.